The van der Waals surface area contributed by atoms with Crippen LogP contribution in [-0.4, -0.2) is 61.7 Å². The van der Waals surface area contributed by atoms with Crippen molar-refractivity contribution in [3.8, 4) is 0 Å². The molecule has 5 atom stereocenters. The van der Waals surface area contributed by atoms with Crippen LogP contribution in [0.15, 0.2) is 30.3 Å². The number of benzene rings is 1. The minimum Gasteiger partial charge on any atom is -0.394 e. The summed E-state index contributed by atoms with van der Waals surface area (Å²) in [4.78, 5) is 0. The number of aliphatic hydroxyl groups excluding tert-OH is 5. The largest absolute Gasteiger partial charge is 0.394 e. The van der Waals surface area contributed by atoms with Crippen LogP contribution in [-0.2, 0) is 5.60 Å². The summed E-state index contributed by atoms with van der Waals surface area (Å²) in [6.45, 7) is 2.56. The lowest BCUT2D eigenvalue weighted by molar-refractivity contribution is -0.191. The summed E-state index contributed by atoms with van der Waals surface area (Å²) in [5, 5.41) is 59.0. The zero-order valence-corrected chi connectivity index (χ0v) is 12.2. The van der Waals surface area contributed by atoms with Gasteiger partial charge in [-0.2, -0.15) is 0 Å². The van der Waals surface area contributed by atoms with Gasteiger partial charge in [-0.05, 0) is 11.5 Å². The molecule has 1 aromatic rings. The Morgan fingerprint density at radius 2 is 1.48 bits per heavy atom. The van der Waals surface area contributed by atoms with Gasteiger partial charge in [-0.1, -0.05) is 44.2 Å². The second-order valence-electron chi connectivity index (χ2n) is 5.52. The number of aliphatic hydroxyl groups is 6. The lowest BCUT2D eigenvalue weighted by Crippen LogP contribution is -2.56. The topological polar surface area (TPSA) is 121 Å². The van der Waals surface area contributed by atoms with Crippen LogP contribution in [0, 0.1) is 5.92 Å². The van der Waals surface area contributed by atoms with Crippen molar-refractivity contribution in [1.29, 1.82) is 0 Å². The van der Waals surface area contributed by atoms with Gasteiger partial charge in [0, 0.05) is 0 Å². The van der Waals surface area contributed by atoms with E-state index in [2.05, 4.69) is 0 Å². The van der Waals surface area contributed by atoms with Gasteiger partial charge in [-0.3, -0.25) is 0 Å². The highest BCUT2D eigenvalue weighted by Gasteiger charge is 2.47. The van der Waals surface area contributed by atoms with Gasteiger partial charge in [-0.15, -0.1) is 0 Å². The van der Waals surface area contributed by atoms with Gasteiger partial charge in [0.1, 0.15) is 30.0 Å². The molecule has 6 heteroatoms. The second kappa shape index (κ2) is 7.31. The lowest BCUT2D eigenvalue weighted by Gasteiger charge is -2.40. The molecule has 0 heterocycles. The Kier molecular flexibility index (Phi) is 6.27. The Morgan fingerprint density at radius 3 is 1.90 bits per heavy atom. The maximum atomic E-state index is 10.8. The standard InChI is InChI=1S/C15H24O6/c1-9(2)15(21,10-6-4-3-5-7-10)14(20)13(19)12(18)11(17)8-16/h3-7,9,11-14,16-21H,8H2,1-2H3. The van der Waals surface area contributed by atoms with Gasteiger partial charge in [0.05, 0.1) is 6.61 Å². The van der Waals surface area contributed by atoms with Gasteiger partial charge in [0.2, 0.25) is 0 Å². The normalized spacial score (nSPS) is 20.6. The molecule has 0 saturated carbocycles. The Morgan fingerprint density at radius 1 is 0.952 bits per heavy atom. The third-order valence-corrected chi connectivity index (χ3v) is 3.82. The fraction of sp³-hybridized carbons (Fsp3) is 0.600. The molecular weight excluding hydrogens is 276 g/mol. The average molecular weight is 300 g/mol. The van der Waals surface area contributed by atoms with E-state index in [-0.39, 0.29) is 0 Å². The molecule has 0 fully saturated rings. The van der Waals surface area contributed by atoms with Gasteiger partial charge >= 0.3 is 0 Å². The van der Waals surface area contributed by atoms with Crippen molar-refractivity contribution in [2.75, 3.05) is 6.61 Å². The lowest BCUT2D eigenvalue weighted by atomic mass is 9.76. The first-order valence-electron chi connectivity index (χ1n) is 6.87. The summed E-state index contributed by atoms with van der Waals surface area (Å²) in [6, 6.07) is 8.31. The van der Waals surface area contributed by atoms with Crippen LogP contribution in [0.5, 0.6) is 0 Å². The summed E-state index contributed by atoms with van der Waals surface area (Å²) < 4.78 is 0. The zero-order chi connectivity index (χ0) is 16.2. The molecule has 0 spiro atoms. The van der Waals surface area contributed by atoms with Crippen LogP contribution in [0.4, 0.5) is 0 Å². The molecular formula is C15H24O6. The molecule has 5 unspecified atom stereocenters. The first kappa shape index (κ1) is 18.0. The molecule has 6 N–H and O–H groups in total. The first-order valence-corrected chi connectivity index (χ1v) is 6.87. The average Bonchev–Trinajstić information content (AvgIpc) is 2.51. The Hall–Kier alpha value is -1.02. The SMILES string of the molecule is CC(C)C(O)(c1ccccc1)C(O)C(O)C(O)C(O)CO. The van der Waals surface area contributed by atoms with E-state index in [4.69, 9.17) is 5.11 Å². The van der Waals surface area contributed by atoms with E-state index >= 15 is 0 Å². The molecule has 0 amide bonds. The van der Waals surface area contributed by atoms with Gasteiger partial charge in [0.15, 0.2) is 0 Å². The fourth-order valence-corrected chi connectivity index (χ4v) is 2.33. The second-order valence-corrected chi connectivity index (χ2v) is 5.52. The quantitative estimate of drug-likeness (QED) is 0.383. The minimum atomic E-state index is -1.82. The molecule has 0 aliphatic heterocycles. The molecule has 0 aliphatic carbocycles. The summed E-state index contributed by atoms with van der Waals surface area (Å²) in [7, 11) is 0. The molecule has 0 bridgehead atoms. The first-order chi connectivity index (χ1) is 9.76. The van der Waals surface area contributed by atoms with E-state index in [1.807, 2.05) is 0 Å². The van der Waals surface area contributed by atoms with E-state index in [0.717, 1.165) is 0 Å². The van der Waals surface area contributed by atoms with Crippen molar-refractivity contribution < 1.29 is 30.6 Å². The Balaban J connectivity index is 3.11. The van der Waals surface area contributed by atoms with Crippen LogP contribution < -0.4 is 0 Å². The van der Waals surface area contributed by atoms with E-state index in [1.165, 1.54) is 0 Å². The zero-order valence-electron chi connectivity index (χ0n) is 12.2. The van der Waals surface area contributed by atoms with Crippen LogP contribution in [0.25, 0.3) is 0 Å². The van der Waals surface area contributed by atoms with Crippen molar-refractivity contribution in [1.82, 2.24) is 0 Å². The van der Waals surface area contributed by atoms with Crippen LogP contribution in [0.1, 0.15) is 19.4 Å². The smallest absolute Gasteiger partial charge is 0.120 e. The van der Waals surface area contributed by atoms with Crippen LogP contribution in [0.3, 0.4) is 0 Å². The van der Waals surface area contributed by atoms with E-state index in [0.29, 0.717) is 5.56 Å². The number of rotatable bonds is 7. The molecule has 0 saturated heterocycles. The van der Waals surface area contributed by atoms with Crippen LogP contribution in [0.2, 0.25) is 0 Å². The predicted octanol–water partition coefficient (Wildman–Crippen LogP) is -1.03. The van der Waals surface area contributed by atoms with Crippen LogP contribution >= 0.6 is 0 Å². The van der Waals surface area contributed by atoms with E-state index in [9.17, 15) is 25.5 Å². The van der Waals surface area contributed by atoms with Gasteiger partial charge in [-0.25, -0.2) is 0 Å². The third kappa shape index (κ3) is 3.60. The van der Waals surface area contributed by atoms with Crippen molar-refractivity contribution in [3.05, 3.63) is 35.9 Å². The molecule has 120 valence electrons. The number of hydrogen-bond donors (Lipinski definition) is 6. The van der Waals surface area contributed by atoms with Gasteiger partial charge in [0.25, 0.3) is 0 Å². The van der Waals surface area contributed by atoms with Crippen molar-refractivity contribution in [2.45, 2.75) is 43.9 Å². The molecule has 0 aromatic heterocycles. The third-order valence-electron chi connectivity index (χ3n) is 3.82. The summed E-state index contributed by atoms with van der Waals surface area (Å²) >= 11 is 0. The maximum Gasteiger partial charge on any atom is 0.120 e. The Bertz CT molecular complexity index is 423. The molecule has 6 nitrogen and oxygen atoms in total. The molecule has 21 heavy (non-hydrogen) atoms. The summed E-state index contributed by atoms with van der Waals surface area (Å²) in [5.74, 6) is -0.469. The highest BCUT2D eigenvalue weighted by atomic mass is 16.4. The summed E-state index contributed by atoms with van der Waals surface area (Å²) in [6.07, 6.45) is -6.95. The van der Waals surface area contributed by atoms with E-state index in [1.54, 1.807) is 44.2 Å². The summed E-state index contributed by atoms with van der Waals surface area (Å²) in [5.41, 5.74) is -1.42. The highest BCUT2D eigenvalue weighted by Crippen LogP contribution is 2.35. The molecule has 1 aromatic carbocycles. The van der Waals surface area contributed by atoms with Crippen molar-refractivity contribution >= 4 is 0 Å². The molecule has 0 radical (unpaired) electrons. The monoisotopic (exact) mass is 300 g/mol. The van der Waals surface area contributed by atoms with Crippen molar-refractivity contribution in [3.63, 3.8) is 0 Å². The maximum absolute atomic E-state index is 10.8. The highest BCUT2D eigenvalue weighted by molar-refractivity contribution is 5.25. The van der Waals surface area contributed by atoms with Crippen molar-refractivity contribution in [2.24, 2.45) is 5.92 Å². The minimum absolute atomic E-state index is 0.386. The Labute approximate surface area is 123 Å². The molecule has 0 aliphatic rings. The van der Waals surface area contributed by atoms with E-state index < -0.39 is 42.5 Å². The fourth-order valence-electron chi connectivity index (χ4n) is 2.33. The predicted molar refractivity (Wildman–Crippen MR) is 76.3 cm³/mol. The van der Waals surface area contributed by atoms with Gasteiger partial charge < -0.3 is 30.6 Å². The molecule has 1 rings (SSSR count). The number of hydrogen-bond acceptors (Lipinski definition) is 6.